The molecular weight excluding hydrogens is 310 g/mol. The molecule has 0 aliphatic heterocycles. The minimum absolute atomic E-state index is 0.0132. The van der Waals surface area contributed by atoms with Crippen LogP contribution in [0.2, 0.25) is 0 Å². The summed E-state index contributed by atoms with van der Waals surface area (Å²) in [5, 5.41) is 3.27. The van der Waals surface area contributed by atoms with Crippen molar-refractivity contribution < 1.29 is 9.53 Å². The van der Waals surface area contributed by atoms with Gasteiger partial charge in [0, 0.05) is 22.8 Å². The molecule has 3 unspecified atom stereocenters. The molecule has 1 saturated carbocycles. The fourth-order valence-electron chi connectivity index (χ4n) is 2.25. The largest absolute Gasteiger partial charge is 0.377 e. The molecular formula is C13H18BrN3O2. The minimum Gasteiger partial charge on any atom is -0.377 e. The first kappa shape index (κ1) is 14.3. The summed E-state index contributed by atoms with van der Waals surface area (Å²) in [6, 6.07) is 5.41. The Balaban J connectivity index is 2.16. The number of hydrogen-bond acceptors (Lipinski definition) is 4. The van der Waals surface area contributed by atoms with Crippen LogP contribution in [-0.2, 0) is 4.74 Å². The van der Waals surface area contributed by atoms with E-state index in [4.69, 9.17) is 16.2 Å². The first-order valence-electron chi connectivity index (χ1n) is 6.26. The number of primary amides is 1. The maximum atomic E-state index is 11.4. The highest BCUT2D eigenvalue weighted by Crippen LogP contribution is 2.29. The van der Waals surface area contributed by atoms with Crippen LogP contribution in [0.25, 0.3) is 0 Å². The van der Waals surface area contributed by atoms with Gasteiger partial charge >= 0.3 is 0 Å². The van der Waals surface area contributed by atoms with Gasteiger partial charge in [-0.2, -0.15) is 0 Å². The second-order valence-corrected chi connectivity index (χ2v) is 5.53. The maximum absolute atomic E-state index is 11.4. The topological polar surface area (TPSA) is 90.4 Å². The second-order valence-electron chi connectivity index (χ2n) is 4.62. The van der Waals surface area contributed by atoms with Gasteiger partial charge in [-0.1, -0.05) is 15.9 Å². The number of hydrogen-bond donors (Lipinski definition) is 3. The standard InChI is InChI=1S/C13H18BrN3O2/c1-2-19-11-6-9(15)12(11)17-10-4-3-7(14)5-8(10)13(16)18/h3-5,9,11-12,17H,2,6,15H2,1H3,(H2,16,18). The van der Waals surface area contributed by atoms with E-state index >= 15 is 0 Å². The van der Waals surface area contributed by atoms with Crippen LogP contribution < -0.4 is 16.8 Å². The zero-order valence-corrected chi connectivity index (χ0v) is 12.3. The molecule has 19 heavy (non-hydrogen) atoms. The Morgan fingerprint density at radius 1 is 1.58 bits per heavy atom. The van der Waals surface area contributed by atoms with Crippen LogP contribution in [0.3, 0.4) is 0 Å². The average Bonchev–Trinajstić information content (AvgIpc) is 2.36. The predicted molar refractivity (Wildman–Crippen MR) is 78.1 cm³/mol. The van der Waals surface area contributed by atoms with Crippen molar-refractivity contribution in [2.45, 2.75) is 31.5 Å². The van der Waals surface area contributed by atoms with E-state index in [2.05, 4.69) is 21.2 Å². The van der Waals surface area contributed by atoms with E-state index in [0.29, 0.717) is 17.9 Å². The molecule has 1 aromatic carbocycles. The molecule has 5 nitrogen and oxygen atoms in total. The maximum Gasteiger partial charge on any atom is 0.250 e. The molecule has 1 fully saturated rings. The van der Waals surface area contributed by atoms with Crippen molar-refractivity contribution in [1.29, 1.82) is 0 Å². The summed E-state index contributed by atoms with van der Waals surface area (Å²) in [6.45, 7) is 2.61. The molecule has 0 heterocycles. The zero-order chi connectivity index (χ0) is 14.0. The lowest BCUT2D eigenvalue weighted by Gasteiger charge is -2.43. The van der Waals surface area contributed by atoms with Crippen molar-refractivity contribution in [3.8, 4) is 0 Å². The average molecular weight is 328 g/mol. The van der Waals surface area contributed by atoms with E-state index < -0.39 is 5.91 Å². The SMILES string of the molecule is CCOC1CC(N)C1Nc1ccc(Br)cc1C(N)=O. The normalized spacial score (nSPS) is 25.7. The summed E-state index contributed by atoms with van der Waals surface area (Å²) >= 11 is 3.33. The fourth-order valence-corrected chi connectivity index (χ4v) is 2.61. The highest BCUT2D eigenvalue weighted by molar-refractivity contribution is 9.10. The second kappa shape index (κ2) is 5.90. The lowest BCUT2D eigenvalue weighted by atomic mass is 9.83. The van der Waals surface area contributed by atoms with E-state index in [-0.39, 0.29) is 18.2 Å². The highest BCUT2D eigenvalue weighted by atomic mass is 79.9. The van der Waals surface area contributed by atoms with Crippen molar-refractivity contribution in [3.63, 3.8) is 0 Å². The number of nitrogens with one attached hydrogen (secondary N) is 1. The lowest BCUT2D eigenvalue weighted by molar-refractivity contribution is -0.0126. The third-order valence-corrected chi connectivity index (χ3v) is 3.81. The molecule has 6 heteroatoms. The van der Waals surface area contributed by atoms with E-state index in [0.717, 1.165) is 10.9 Å². The molecule has 3 atom stereocenters. The van der Waals surface area contributed by atoms with Gasteiger partial charge in [0.2, 0.25) is 0 Å². The third-order valence-electron chi connectivity index (χ3n) is 3.32. The summed E-state index contributed by atoms with van der Waals surface area (Å²) in [6.07, 6.45) is 0.915. The van der Waals surface area contributed by atoms with Crippen LogP contribution in [0.15, 0.2) is 22.7 Å². The van der Waals surface area contributed by atoms with Crippen LogP contribution in [0.5, 0.6) is 0 Å². The quantitative estimate of drug-likeness (QED) is 0.763. The summed E-state index contributed by atoms with van der Waals surface area (Å²) in [5.41, 5.74) is 12.5. The molecule has 104 valence electrons. The first-order chi connectivity index (χ1) is 9.02. The summed E-state index contributed by atoms with van der Waals surface area (Å²) in [4.78, 5) is 11.4. The molecule has 0 radical (unpaired) electrons. The number of benzene rings is 1. The van der Waals surface area contributed by atoms with Gasteiger partial charge < -0.3 is 21.5 Å². The number of nitrogens with two attached hydrogens (primary N) is 2. The van der Waals surface area contributed by atoms with Crippen molar-refractivity contribution >= 4 is 27.5 Å². The molecule has 1 amide bonds. The van der Waals surface area contributed by atoms with Gasteiger partial charge in [-0.05, 0) is 31.5 Å². The molecule has 1 aliphatic rings. The van der Waals surface area contributed by atoms with Gasteiger partial charge in [0.1, 0.15) is 0 Å². The summed E-state index contributed by atoms with van der Waals surface area (Å²) in [5.74, 6) is -0.468. The Kier molecular flexibility index (Phi) is 4.44. The summed E-state index contributed by atoms with van der Waals surface area (Å²) in [7, 11) is 0. The molecule has 2 rings (SSSR count). The number of anilines is 1. The van der Waals surface area contributed by atoms with Crippen molar-refractivity contribution in [1.82, 2.24) is 0 Å². The van der Waals surface area contributed by atoms with Crippen molar-refractivity contribution in [2.24, 2.45) is 11.5 Å². The van der Waals surface area contributed by atoms with Gasteiger partial charge in [-0.15, -0.1) is 0 Å². The molecule has 0 saturated heterocycles. The number of carbonyl (C=O) groups excluding carboxylic acids is 1. The Labute approximate surface area is 120 Å². The van der Waals surface area contributed by atoms with E-state index in [1.165, 1.54) is 0 Å². The number of ether oxygens (including phenoxy) is 1. The number of rotatable bonds is 5. The summed E-state index contributed by atoms with van der Waals surface area (Å²) < 4.78 is 6.40. The van der Waals surface area contributed by atoms with Crippen LogP contribution in [-0.4, -0.2) is 30.7 Å². The van der Waals surface area contributed by atoms with Crippen LogP contribution >= 0.6 is 15.9 Å². The minimum atomic E-state index is -0.468. The first-order valence-corrected chi connectivity index (χ1v) is 7.05. The Morgan fingerprint density at radius 3 is 2.89 bits per heavy atom. The molecule has 5 N–H and O–H groups in total. The van der Waals surface area contributed by atoms with Gasteiger partial charge in [-0.3, -0.25) is 4.79 Å². The molecule has 0 aromatic heterocycles. The van der Waals surface area contributed by atoms with Crippen molar-refractivity contribution in [3.05, 3.63) is 28.2 Å². The monoisotopic (exact) mass is 327 g/mol. The van der Waals surface area contributed by atoms with Gasteiger partial charge in [-0.25, -0.2) is 0 Å². The van der Waals surface area contributed by atoms with E-state index in [9.17, 15) is 4.79 Å². The van der Waals surface area contributed by atoms with E-state index in [1.54, 1.807) is 6.07 Å². The highest BCUT2D eigenvalue weighted by Gasteiger charge is 2.39. The fraction of sp³-hybridized carbons (Fsp3) is 0.462. The Hall–Kier alpha value is -1.11. The molecule has 1 aromatic rings. The van der Waals surface area contributed by atoms with Crippen LogP contribution in [0.1, 0.15) is 23.7 Å². The zero-order valence-electron chi connectivity index (χ0n) is 10.7. The number of halogens is 1. The van der Waals surface area contributed by atoms with Gasteiger partial charge in [0.15, 0.2) is 0 Å². The Morgan fingerprint density at radius 2 is 2.32 bits per heavy atom. The van der Waals surface area contributed by atoms with Gasteiger partial charge in [0.25, 0.3) is 5.91 Å². The van der Waals surface area contributed by atoms with Crippen LogP contribution in [0.4, 0.5) is 5.69 Å². The third kappa shape index (κ3) is 3.08. The lowest BCUT2D eigenvalue weighted by Crippen LogP contribution is -2.60. The number of amides is 1. The van der Waals surface area contributed by atoms with Gasteiger partial charge in [0.05, 0.1) is 17.7 Å². The van der Waals surface area contributed by atoms with Crippen molar-refractivity contribution in [2.75, 3.05) is 11.9 Å². The van der Waals surface area contributed by atoms with E-state index in [1.807, 2.05) is 19.1 Å². The molecule has 0 spiro atoms. The molecule has 1 aliphatic carbocycles. The number of carbonyl (C=O) groups is 1. The predicted octanol–water partition coefficient (Wildman–Crippen LogP) is 1.46. The van der Waals surface area contributed by atoms with Crippen LogP contribution in [0, 0.1) is 0 Å². The Bertz CT molecular complexity index is 479. The molecule has 0 bridgehead atoms. The smallest absolute Gasteiger partial charge is 0.250 e.